The Morgan fingerprint density at radius 2 is 1.87 bits per heavy atom. The summed E-state index contributed by atoms with van der Waals surface area (Å²) in [5.74, 6) is 0. The summed E-state index contributed by atoms with van der Waals surface area (Å²) < 4.78 is 0. The molecule has 1 rings (SSSR count). The fourth-order valence-electron chi connectivity index (χ4n) is 1.41. The molecule has 1 aromatic rings. The molecule has 15 heavy (non-hydrogen) atoms. The van der Waals surface area contributed by atoms with Crippen molar-refractivity contribution < 1.29 is 15.3 Å². The molecule has 0 radical (unpaired) electrons. The van der Waals surface area contributed by atoms with E-state index in [0.717, 1.165) is 5.56 Å². The molecule has 0 saturated carbocycles. The van der Waals surface area contributed by atoms with Gasteiger partial charge in [0.25, 0.3) is 0 Å². The molecule has 3 nitrogen and oxygen atoms in total. The second-order valence-electron chi connectivity index (χ2n) is 4.04. The summed E-state index contributed by atoms with van der Waals surface area (Å²) in [6, 6.07) is 9.76. The Morgan fingerprint density at radius 3 is 2.40 bits per heavy atom. The first kappa shape index (κ1) is 12.2. The van der Waals surface area contributed by atoms with E-state index in [1.165, 1.54) is 6.92 Å². The Hall–Kier alpha value is -0.900. The molecule has 0 aliphatic rings. The SMILES string of the molecule is C[C@@](O)(CCc1ccccc1)[C@@H](O)CO. The molecule has 0 fully saturated rings. The van der Waals surface area contributed by atoms with Crippen LogP contribution in [0.5, 0.6) is 0 Å². The van der Waals surface area contributed by atoms with Crippen molar-refractivity contribution in [1.29, 1.82) is 0 Å². The predicted molar refractivity (Wildman–Crippen MR) is 58.5 cm³/mol. The van der Waals surface area contributed by atoms with E-state index in [9.17, 15) is 10.2 Å². The van der Waals surface area contributed by atoms with Gasteiger partial charge < -0.3 is 15.3 Å². The van der Waals surface area contributed by atoms with Gasteiger partial charge in [0.2, 0.25) is 0 Å². The van der Waals surface area contributed by atoms with E-state index in [4.69, 9.17) is 5.11 Å². The summed E-state index contributed by atoms with van der Waals surface area (Å²) in [5.41, 5.74) is -0.118. The third kappa shape index (κ3) is 3.63. The highest BCUT2D eigenvalue weighted by Crippen LogP contribution is 2.17. The number of aryl methyl sites for hydroxylation is 1. The number of aliphatic hydroxyl groups excluding tert-OH is 2. The van der Waals surface area contributed by atoms with Crippen molar-refractivity contribution in [2.45, 2.75) is 31.5 Å². The van der Waals surface area contributed by atoms with Crippen molar-refractivity contribution >= 4 is 0 Å². The number of benzene rings is 1. The average Bonchev–Trinajstić information content (AvgIpc) is 2.27. The first-order chi connectivity index (χ1) is 7.06. The van der Waals surface area contributed by atoms with Crippen LogP contribution in [0.3, 0.4) is 0 Å². The van der Waals surface area contributed by atoms with Gasteiger partial charge in [0, 0.05) is 0 Å². The summed E-state index contributed by atoms with van der Waals surface area (Å²) in [6.07, 6.45) is 0.0325. The molecule has 0 saturated heterocycles. The van der Waals surface area contributed by atoms with Crippen LogP contribution in [0, 0.1) is 0 Å². The topological polar surface area (TPSA) is 60.7 Å². The lowest BCUT2D eigenvalue weighted by Crippen LogP contribution is -2.42. The highest BCUT2D eigenvalue weighted by molar-refractivity contribution is 5.15. The van der Waals surface area contributed by atoms with Crippen LogP contribution in [0.2, 0.25) is 0 Å². The van der Waals surface area contributed by atoms with E-state index >= 15 is 0 Å². The van der Waals surface area contributed by atoms with Crippen molar-refractivity contribution in [1.82, 2.24) is 0 Å². The number of hydrogen-bond acceptors (Lipinski definition) is 3. The predicted octanol–water partition coefficient (Wildman–Crippen LogP) is 0.723. The zero-order valence-corrected chi connectivity index (χ0v) is 8.93. The van der Waals surface area contributed by atoms with E-state index in [-0.39, 0.29) is 0 Å². The van der Waals surface area contributed by atoms with Crippen LogP contribution in [-0.4, -0.2) is 33.6 Å². The van der Waals surface area contributed by atoms with Crippen LogP contribution in [0.15, 0.2) is 30.3 Å². The molecular formula is C12H18O3. The maximum Gasteiger partial charge on any atom is 0.105 e. The van der Waals surface area contributed by atoms with Crippen LogP contribution < -0.4 is 0 Å². The van der Waals surface area contributed by atoms with Gasteiger partial charge in [-0.25, -0.2) is 0 Å². The molecule has 0 amide bonds. The van der Waals surface area contributed by atoms with Crippen molar-refractivity contribution in [3.05, 3.63) is 35.9 Å². The first-order valence-electron chi connectivity index (χ1n) is 5.11. The quantitative estimate of drug-likeness (QED) is 0.671. The van der Waals surface area contributed by atoms with Gasteiger partial charge in [-0.15, -0.1) is 0 Å². The standard InChI is InChI=1S/C12H18O3/c1-12(15,11(14)9-13)8-7-10-5-3-2-4-6-10/h2-6,11,13-15H,7-9H2,1H3/t11-,12+/m0/s1. The lowest BCUT2D eigenvalue weighted by Gasteiger charge is -2.27. The number of hydrogen-bond donors (Lipinski definition) is 3. The zero-order chi connectivity index (χ0) is 11.3. The summed E-state index contributed by atoms with van der Waals surface area (Å²) >= 11 is 0. The van der Waals surface area contributed by atoms with Crippen molar-refractivity contribution in [2.24, 2.45) is 0 Å². The maximum absolute atomic E-state index is 9.83. The van der Waals surface area contributed by atoms with E-state index in [2.05, 4.69) is 0 Å². The Labute approximate surface area is 90.0 Å². The van der Waals surface area contributed by atoms with Crippen LogP contribution in [0.1, 0.15) is 18.9 Å². The smallest absolute Gasteiger partial charge is 0.105 e. The minimum Gasteiger partial charge on any atom is -0.394 e. The third-order valence-corrected chi connectivity index (χ3v) is 2.65. The van der Waals surface area contributed by atoms with Gasteiger partial charge in [-0.1, -0.05) is 30.3 Å². The van der Waals surface area contributed by atoms with Crippen molar-refractivity contribution in [2.75, 3.05) is 6.61 Å². The third-order valence-electron chi connectivity index (χ3n) is 2.65. The zero-order valence-electron chi connectivity index (χ0n) is 8.93. The molecule has 0 spiro atoms. The molecule has 1 aromatic carbocycles. The minimum atomic E-state index is -1.23. The van der Waals surface area contributed by atoms with Crippen LogP contribution >= 0.6 is 0 Å². The largest absolute Gasteiger partial charge is 0.394 e. The van der Waals surface area contributed by atoms with Gasteiger partial charge >= 0.3 is 0 Å². The second-order valence-corrected chi connectivity index (χ2v) is 4.04. The molecule has 2 atom stereocenters. The van der Waals surface area contributed by atoms with Crippen LogP contribution in [0.25, 0.3) is 0 Å². The highest BCUT2D eigenvalue weighted by Gasteiger charge is 2.29. The van der Waals surface area contributed by atoms with Gasteiger partial charge in [-0.05, 0) is 25.3 Å². The van der Waals surface area contributed by atoms with Crippen molar-refractivity contribution in [3.63, 3.8) is 0 Å². The molecule has 0 unspecified atom stereocenters. The Morgan fingerprint density at radius 1 is 1.27 bits per heavy atom. The van der Waals surface area contributed by atoms with Crippen LogP contribution in [0.4, 0.5) is 0 Å². The molecule has 3 heteroatoms. The van der Waals surface area contributed by atoms with Gasteiger partial charge in [0.15, 0.2) is 0 Å². The Kier molecular flexibility index (Phi) is 4.27. The summed E-state index contributed by atoms with van der Waals surface area (Å²) in [7, 11) is 0. The van der Waals surface area contributed by atoms with Crippen LogP contribution in [-0.2, 0) is 6.42 Å². The fourth-order valence-corrected chi connectivity index (χ4v) is 1.41. The summed E-state index contributed by atoms with van der Waals surface area (Å²) in [6.45, 7) is 1.12. The fraction of sp³-hybridized carbons (Fsp3) is 0.500. The summed E-state index contributed by atoms with van der Waals surface area (Å²) in [5, 5.41) is 28.0. The molecule has 0 aromatic heterocycles. The molecule has 0 aliphatic heterocycles. The molecular weight excluding hydrogens is 192 g/mol. The van der Waals surface area contributed by atoms with Gasteiger partial charge in [-0.2, -0.15) is 0 Å². The molecule has 0 heterocycles. The maximum atomic E-state index is 9.83. The van der Waals surface area contributed by atoms with E-state index in [1.807, 2.05) is 30.3 Å². The summed E-state index contributed by atoms with van der Waals surface area (Å²) in [4.78, 5) is 0. The molecule has 0 aliphatic carbocycles. The lowest BCUT2D eigenvalue weighted by atomic mass is 9.92. The minimum absolute atomic E-state index is 0.415. The highest BCUT2D eigenvalue weighted by atomic mass is 16.4. The molecule has 84 valence electrons. The van der Waals surface area contributed by atoms with Gasteiger partial charge in [-0.3, -0.25) is 0 Å². The average molecular weight is 210 g/mol. The van der Waals surface area contributed by atoms with Gasteiger partial charge in [0.05, 0.1) is 12.2 Å². The van der Waals surface area contributed by atoms with E-state index in [1.54, 1.807) is 0 Å². The lowest BCUT2D eigenvalue weighted by molar-refractivity contribution is -0.0869. The Balaban J connectivity index is 2.49. The molecule has 3 N–H and O–H groups in total. The van der Waals surface area contributed by atoms with Crippen molar-refractivity contribution in [3.8, 4) is 0 Å². The normalized spacial score (nSPS) is 17.1. The molecule has 0 bridgehead atoms. The first-order valence-corrected chi connectivity index (χ1v) is 5.11. The Bertz CT molecular complexity index is 282. The second kappa shape index (κ2) is 5.26. The van der Waals surface area contributed by atoms with E-state index < -0.39 is 18.3 Å². The van der Waals surface area contributed by atoms with E-state index in [0.29, 0.717) is 12.8 Å². The monoisotopic (exact) mass is 210 g/mol. The number of aliphatic hydroxyl groups is 3. The van der Waals surface area contributed by atoms with Gasteiger partial charge in [0.1, 0.15) is 6.10 Å². The number of rotatable bonds is 5.